The molecule has 0 aliphatic heterocycles. The first-order valence-corrected chi connectivity index (χ1v) is 7.44. The van der Waals surface area contributed by atoms with Gasteiger partial charge in [-0.15, -0.1) is 11.6 Å². The van der Waals surface area contributed by atoms with Crippen molar-refractivity contribution in [3.63, 3.8) is 0 Å². The van der Waals surface area contributed by atoms with Gasteiger partial charge in [-0.3, -0.25) is 0 Å². The summed E-state index contributed by atoms with van der Waals surface area (Å²) < 4.78 is 4.18. The van der Waals surface area contributed by atoms with Gasteiger partial charge < -0.3 is 9.13 Å². The second kappa shape index (κ2) is 5.48. The molecular formula is C15H18ClN5. The van der Waals surface area contributed by atoms with Crippen molar-refractivity contribution in [2.24, 2.45) is 0 Å². The zero-order valence-corrected chi connectivity index (χ0v) is 13.1. The average molecular weight is 304 g/mol. The zero-order valence-electron chi connectivity index (χ0n) is 12.4. The number of halogens is 1. The summed E-state index contributed by atoms with van der Waals surface area (Å²) in [6.07, 6.45) is 7.42. The van der Waals surface area contributed by atoms with Crippen molar-refractivity contribution < 1.29 is 0 Å². The van der Waals surface area contributed by atoms with Gasteiger partial charge >= 0.3 is 0 Å². The highest BCUT2D eigenvalue weighted by Crippen LogP contribution is 2.28. The van der Waals surface area contributed by atoms with Gasteiger partial charge in [0.25, 0.3) is 0 Å². The highest BCUT2D eigenvalue weighted by molar-refractivity contribution is 6.20. The number of alkyl halides is 1. The first kappa shape index (κ1) is 14.1. The largest absolute Gasteiger partial charge is 0.335 e. The Kier molecular flexibility index (Phi) is 3.68. The molecule has 6 heteroatoms. The lowest BCUT2D eigenvalue weighted by Crippen LogP contribution is -2.15. The van der Waals surface area contributed by atoms with E-state index in [2.05, 4.69) is 26.4 Å². The van der Waals surface area contributed by atoms with Crippen molar-refractivity contribution in [2.45, 2.75) is 38.7 Å². The summed E-state index contributed by atoms with van der Waals surface area (Å²) in [4.78, 5) is 13.3. The fourth-order valence-electron chi connectivity index (χ4n) is 2.60. The van der Waals surface area contributed by atoms with E-state index in [0.717, 1.165) is 29.1 Å². The van der Waals surface area contributed by atoms with Gasteiger partial charge in [0.2, 0.25) is 0 Å². The Labute approximate surface area is 128 Å². The summed E-state index contributed by atoms with van der Waals surface area (Å²) in [6.45, 7) is 6.91. The van der Waals surface area contributed by atoms with E-state index < -0.39 is 0 Å². The second-order valence-electron chi connectivity index (χ2n) is 5.42. The molecule has 21 heavy (non-hydrogen) atoms. The van der Waals surface area contributed by atoms with Gasteiger partial charge in [-0.2, -0.15) is 0 Å². The van der Waals surface area contributed by atoms with Crippen molar-refractivity contribution in [1.29, 1.82) is 0 Å². The molecule has 3 rings (SSSR count). The maximum Gasteiger partial charge on any atom is 0.160 e. The summed E-state index contributed by atoms with van der Waals surface area (Å²) >= 11 is 6.32. The summed E-state index contributed by atoms with van der Waals surface area (Å²) in [6, 6.07) is 2.24. The van der Waals surface area contributed by atoms with Crippen molar-refractivity contribution in [3.05, 3.63) is 42.4 Å². The van der Waals surface area contributed by atoms with Crippen molar-refractivity contribution >= 4 is 22.8 Å². The van der Waals surface area contributed by atoms with E-state index in [0.29, 0.717) is 0 Å². The van der Waals surface area contributed by atoms with Crippen molar-refractivity contribution in [1.82, 2.24) is 24.1 Å². The van der Waals surface area contributed by atoms with Crippen LogP contribution in [0.1, 0.15) is 36.7 Å². The van der Waals surface area contributed by atoms with E-state index in [1.54, 1.807) is 6.20 Å². The first-order chi connectivity index (χ1) is 10.1. The van der Waals surface area contributed by atoms with Crippen LogP contribution >= 0.6 is 11.6 Å². The summed E-state index contributed by atoms with van der Waals surface area (Å²) in [5.41, 5.74) is 2.88. The number of rotatable bonds is 4. The maximum atomic E-state index is 6.32. The van der Waals surface area contributed by atoms with Gasteiger partial charge in [-0.25, -0.2) is 15.0 Å². The summed E-state index contributed by atoms with van der Waals surface area (Å²) in [5.74, 6) is 0.859. The molecule has 0 amide bonds. The Bertz CT molecular complexity index is 745. The van der Waals surface area contributed by atoms with E-state index in [1.165, 1.54) is 0 Å². The number of fused-ring (bicyclic) bond motifs is 1. The Morgan fingerprint density at radius 3 is 2.81 bits per heavy atom. The monoisotopic (exact) mass is 303 g/mol. The molecule has 0 aromatic carbocycles. The van der Waals surface area contributed by atoms with Crippen molar-refractivity contribution in [3.8, 4) is 0 Å². The molecule has 0 fully saturated rings. The fraction of sp³-hybridized carbons (Fsp3) is 0.400. The molecule has 3 heterocycles. The van der Waals surface area contributed by atoms with Crippen LogP contribution in [0.4, 0.5) is 0 Å². The lowest BCUT2D eigenvalue weighted by atomic mass is 10.3. The first-order valence-electron chi connectivity index (χ1n) is 7.00. The molecule has 0 spiro atoms. The van der Waals surface area contributed by atoms with Gasteiger partial charge in [0.1, 0.15) is 11.3 Å². The second-order valence-corrected chi connectivity index (χ2v) is 6.07. The minimum Gasteiger partial charge on any atom is -0.335 e. The van der Waals surface area contributed by atoms with Gasteiger partial charge in [0, 0.05) is 25.1 Å². The minimum atomic E-state index is -0.162. The maximum absolute atomic E-state index is 6.32. The van der Waals surface area contributed by atoms with Gasteiger partial charge in [-0.05, 0) is 32.4 Å². The van der Waals surface area contributed by atoms with Crippen LogP contribution in [0.15, 0.2) is 31.0 Å². The Hall–Kier alpha value is -1.88. The molecule has 0 radical (unpaired) electrons. The number of imidazole rings is 2. The van der Waals surface area contributed by atoms with E-state index in [4.69, 9.17) is 11.6 Å². The molecule has 3 aromatic rings. The Balaban J connectivity index is 2.08. The average Bonchev–Trinajstić information content (AvgIpc) is 3.04. The van der Waals surface area contributed by atoms with Crippen molar-refractivity contribution in [2.75, 3.05) is 0 Å². The van der Waals surface area contributed by atoms with Crippen LogP contribution in [-0.2, 0) is 6.54 Å². The zero-order chi connectivity index (χ0) is 15.0. The molecule has 2 atom stereocenters. The third-order valence-electron chi connectivity index (χ3n) is 3.52. The molecule has 0 saturated heterocycles. The highest BCUT2D eigenvalue weighted by Gasteiger charge is 2.20. The molecule has 0 aliphatic carbocycles. The number of aromatic nitrogens is 5. The van der Waals surface area contributed by atoms with E-state index in [1.807, 2.05) is 43.2 Å². The van der Waals surface area contributed by atoms with Crippen LogP contribution in [-0.4, -0.2) is 24.1 Å². The normalized spacial score (nSPS) is 14.5. The summed E-state index contributed by atoms with van der Waals surface area (Å²) in [7, 11) is 0. The molecule has 0 N–H and O–H groups in total. The lowest BCUT2D eigenvalue weighted by Gasteiger charge is -2.18. The van der Waals surface area contributed by atoms with Crippen LogP contribution in [0.25, 0.3) is 11.2 Å². The SMILES string of the molecule is Cc1cnc2c(c1)nc(C(C)Cl)n2C(C)Cn1ccnc1. The van der Waals surface area contributed by atoms with Crippen LogP contribution in [0.3, 0.4) is 0 Å². The molecule has 0 bridgehead atoms. The van der Waals surface area contributed by atoms with Gasteiger partial charge in [-0.1, -0.05) is 0 Å². The molecule has 5 nitrogen and oxygen atoms in total. The quantitative estimate of drug-likeness (QED) is 0.693. The summed E-state index contributed by atoms with van der Waals surface area (Å²) in [5, 5.41) is -0.162. The molecule has 110 valence electrons. The Morgan fingerprint density at radius 2 is 2.14 bits per heavy atom. The number of nitrogens with zero attached hydrogens (tertiary/aromatic N) is 5. The number of aryl methyl sites for hydroxylation is 1. The number of hydrogen-bond donors (Lipinski definition) is 0. The lowest BCUT2D eigenvalue weighted by molar-refractivity contribution is 0.458. The van der Waals surface area contributed by atoms with Crippen LogP contribution in [0.5, 0.6) is 0 Å². The fourth-order valence-corrected chi connectivity index (χ4v) is 2.75. The van der Waals surface area contributed by atoms with Crippen LogP contribution in [0, 0.1) is 6.92 Å². The predicted octanol–water partition coefficient (Wildman–Crippen LogP) is 3.50. The Morgan fingerprint density at radius 1 is 1.33 bits per heavy atom. The minimum absolute atomic E-state index is 0.162. The van der Waals surface area contributed by atoms with Crippen LogP contribution < -0.4 is 0 Å². The molecule has 2 unspecified atom stereocenters. The van der Waals surface area contributed by atoms with Crippen LogP contribution in [0.2, 0.25) is 0 Å². The molecular weight excluding hydrogens is 286 g/mol. The van der Waals surface area contributed by atoms with E-state index in [-0.39, 0.29) is 11.4 Å². The third-order valence-corrected chi connectivity index (χ3v) is 3.72. The molecule has 0 saturated carbocycles. The van der Waals surface area contributed by atoms with Gasteiger partial charge in [0.05, 0.1) is 17.7 Å². The van der Waals surface area contributed by atoms with E-state index >= 15 is 0 Å². The topological polar surface area (TPSA) is 48.5 Å². The third kappa shape index (κ3) is 2.65. The molecule has 0 aliphatic rings. The van der Waals surface area contributed by atoms with E-state index in [9.17, 15) is 0 Å². The smallest absolute Gasteiger partial charge is 0.160 e. The highest BCUT2D eigenvalue weighted by atomic mass is 35.5. The van der Waals surface area contributed by atoms with Gasteiger partial charge in [0.15, 0.2) is 5.65 Å². The predicted molar refractivity (Wildman–Crippen MR) is 83.5 cm³/mol. The number of pyridine rings is 1. The standard InChI is InChI=1S/C15H18ClN5/c1-10-6-13-15(18-7-10)21(14(19-13)12(3)16)11(2)8-20-5-4-17-9-20/h4-7,9,11-12H,8H2,1-3H3. The molecule has 3 aromatic heterocycles. The number of hydrogen-bond acceptors (Lipinski definition) is 3.